The fraction of sp³-hybridized carbons (Fsp3) is 0.292. The highest BCUT2D eigenvalue weighted by Crippen LogP contribution is 2.38. The maximum Gasteiger partial charge on any atom is 0.490 e. The monoisotopic (exact) mass is 595 g/mol. The quantitative estimate of drug-likeness (QED) is 0.247. The molecule has 1 fully saturated rings. The molecule has 1 aromatic carbocycles. The number of rotatable bonds is 7. The van der Waals surface area contributed by atoms with E-state index in [2.05, 4.69) is 30.7 Å². The fourth-order valence-electron chi connectivity index (χ4n) is 4.28. The molecule has 5 rings (SSSR count). The molecule has 41 heavy (non-hydrogen) atoms. The minimum atomic E-state index is -5.08. The van der Waals surface area contributed by atoms with Gasteiger partial charge >= 0.3 is 17.9 Å². The number of benzene rings is 1. The van der Waals surface area contributed by atoms with E-state index in [9.17, 15) is 26.4 Å². The van der Waals surface area contributed by atoms with Crippen LogP contribution in [0.2, 0.25) is 0 Å². The number of piperidine rings is 1. The first-order valence-electron chi connectivity index (χ1n) is 12.0. The zero-order valence-electron chi connectivity index (χ0n) is 21.1. The van der Waals surface area contributed by atoms with Crippen molar-refractivity contribution < 1.29 is 35.9 Å². The van der Waals surface area contributed by atoms with Crippen molar-refractivity contribution in [2.45, 2.75) is 35.7 Å². The number of anilines is 2. The third-order valence-corrected chi connectivity index (χ3v) is 8.20. The number of halogens is 3. The Morgan fingerprint density at radius 1 is 1.07 bits per heavy atom. The van der Waals surface area contributed by atoms with Gasteiger partial charge in [-0.05, 0) is 37.1 Å². The molecule has 1 aliphatic rings. The number of hydrogen-bond acceptors (Lipinski definition) is 9. The Bertz CT molecular complexity index is 1610. The summed E-state index contributed by atoms with van der Waals surface area (Å²) in [5.74, 6) is -1.80. The molecular weight excluding hydrogens is 571 g/mol. The topological polar surface area (TPSA) is 187 Å². The molecule has 4 N–H and O–H groups in total. The van der Waals surface area contributed by atoms with Crippen LogP contribution in [0.1, 0.15) is 24.4 Å². The highest BCUT2D eigenvalue weighted by molar-refractivity contribution is 7.89. The van der Waals surface area contributed by atoms with Crippen molar-refractivity contribution in [1.82, 2.24) is 29.7 Å². The van der Waals surface area contributed by atoms with Gasteiger partial charge in [0.1, 0.15) is 11.6 Å². The van der Waals surface area contributed by atoms with Crippen LogP contribution < -0.4 is 11.1 Å². The zero-order valence-corrected chi connectivity index (χ0v) is 21.9. The molecule has 218 valence electrons. The maximum absolute atomic E-state index is 13.1. The number of H-pyrrole nitrogens is 2. The van der Waals surface area contributed by atoms with Crippen LogP contribution in [0.15, 0.2) is 74.9 Å². The zero-order chi connectivity index (χ0) is 29.7. The van der Waals surface area contributed by atoms with Crippen molar-refractivity contribution >= 4 is 27.6 Å². The summed E-state index contributed by atoms with van der Waals surface area (Å²) in [5.41, 5.74) is 0.0797. The SMILES string of the molecule is O=C(O)C(F)(F)F.O=c1[nH]nc(C2(Cc3cccc(Nc4ccn[nH]4)n3)CCN(S(=O)(=O)c3ccccc3)CC2)o1. The number of nitrogens with one attached hydrogen (secondary N) is 3. The second-order valence-electron chi connectivity index (χ2n) is 9.00. The predicted octanol–water partition coefficient (Wildman–Crippen LogP) is 2.82. The summed E-state index contributed by atoms with van der Waals surface area (Å²) in [6.07, 6.45) is -2.17. The van der Waals surface area contributed by atoms with E-state index in [1.165, 1.54) is 4.31 Å². The van der Waals surface area contributed by atoms with E-state index in [-0.39, 0.29) is 23.9 Å². The van der Waals surface area contributed by atoms with Crippen molar-refractivity contribution in [3.63, 3.8) is 0 Å². The van der Waals surface area contributed by atoms with E-state index in [1.807, 2.05) is 18.2 Å². The first-order valence-corrected chi connectivity index (χ1v) is 13.5. The van der Waals surface area contributed by atoms with Gasteiger partial charge < -0.3 is 14.8 Å². The van der Waals surface area contributed by atoms with E-state index in [0.29, 0.717) is 30.9 Å². The molecule has 4 aromatic rings. The number of pyridine rings is 1. The largest absolute Gasteiger partial charge is 0.490 e. The lowest BCUT2D eigenvalue weighted by molar-refractivity contribution is -0.192. The van der Waals surface area contributed by atoms with Gasteiger partial charge in [-0.1, -0.05) is 24.3 Å². The van der Waals surface area contributed by atoms with Gasteiger partial charge in [-0.25, -0.2) is 28.1 Å². The molecule has 0 aliphatic carbocycles. The molecule has 1 saturated heterocycles. The Balaban J connectivity index is 0.000000493. The van der Waals surface area contributed by atoms with Crippen molar-refractivity contribution in [3.8, 4) is 0 Å². The van der Waals surface area contributed by atoms with E-state index < -0.39 is 33.3 Å². The second kappa shape index (κ2) is 11.9. The standard InChI is InChI=1S/C22H23N7O4S.C2HF3O2/c30-21-28-27-20(33-21)22(15-16-5-4-8-18(24-16)25-19-9-12-23-26-19)10-13-29(14-11-22)34(31,32)17-6-2-1-3-7-17;3-2(4,5)1(6)7/h1-9,12H,10-11,13-15H2,(H,28,30)(H2,23,24,25,26);(H,6,7). The van der Waals surface area contributed by atoms with Crippen LogP contribution >= 0.6 is 0 Å². The Labute approximate surface area is 230 Å². The number of hydrogen-bond donors (Lipinski definition) is 4. The van der Waals surface area contributed by atoms with Crippen molar-refractivity contribution in [2.75, 3.05) is 18.4 Å². The summed E-state index contributed by atoms with van der Waals surface area (Å²) in [7, 11) is -3.62. The van der Waals surface area contributed by atoms with E-state index in [0.717, 1.165) is 5.69 Å². The Kier molecular flexibility index (Phi) is 8.57. The van der Waals surface area contributed by atoms with Gasteiger partial charge in [0.25, 0.3) is 0 Å². The van der Waals surface area contributed by atoms with Crippen molar-refractivity contribution in [3.05, 3.63) is 82.9 Å². The van der Waals surface area contributed by atoms with Gasteiger partial charge in [0, 0.05) is 31.3 Å². The molecule has 17 heteroatoms. The lowest BCUT2D eigenvalue weighted by Crippen LogP contribution is -2.46. The minimum absolute atomic E-state index is 0.257. The van der Waals surface area contributed by atoms with Crippen LogP contribution in [-0.4, -0.2) is 68.4 Å². The van der Waals surface area contributed by atoms with Gasteiger partial charge in [0.05, 0.1) is 16.5 Å². The lowest BCUT2D eigenvalue weighted by Gasteiger charge is -2.38. The Morgan fingerprint density at radius 2 is 1.76 bits per heavy atom. The average Bonchev–Trinajstić information content (AvgIpc) is 3.62. The maximum atomic E-state index is 13.1. The van der Waals surface area contributed by atoms with Crippen molar-refractivity contribution in [1.29, 1.82) is 0 Å². The van der Waals surface area contributed by atoms with Gasteiger partial charge in [-0.2, -0.15) is 22.6 Å². The molecule has 1 aliphatic heterocycles. The van der Waals surface area contributed by atoms with E-state index >= 15 is 0 Å². The number of carboxylic acids is 1. The molecule has 0 atom stereocenters. The number of carboxylic acid groups (broad SMARTS) is 1. The lowest BCUT2D eigenvalue weighted by atomic mass is 9.75. The number of aliphatic carboxylic acids is 1. The van der Waals surface area contributed by atoms with Gasteiger partial charge in [0.15, 0.2) is 0 Å². The summed E-state index contributed by atoms with van der Waals surface area (Å²) in [4.78, 5) is 25.6. The molecule has 0 amide bonds. The van der Waals surface area contributed by atoms with Crippen LogP contribution in [0.25, 0.3) is 0 Å². The van der Waals surface area contributed by atoms with E-state index in [1.54, 1.807) is 42.6 Å². The molecule has 0 bridgehead atoms. The number of alkyl halides is 3. The minimum Gasteiger partial charge on any atom is -0.475 e. The summed E-state index contributed by atoms with van der Waals surface area (Å²) >= 11 is 0. The third kappa shape index (κ3) is 7.17. The van der Waals surface area contributed by atoms with E-state index in [4.69, 9.17) is 14.3 Å². The van der Waals surface area contributed by atoms with Crippen LogP contribution in [0, 0.1) is 0 Å². The molecule has 3 aromatic heterocycles. The summed E-state index contributed by atoms with van der Waals surface area (Å²) in [6, 6.07) is 15.8. The highest BCUT2D eigenvalue weighted by atomic mass is 32.2. The van der Waals surface area contributed by atoms with Crippen LogP contribution in [0.5, 0.6) is 0 Å². The summed E-state index contributed by atoms with van der Waals surface area (Å²) in [5, 5.41) is 23.5. The fourth-order valence-corrected chi connectivity index (χ4v) is 5.74. The second-order valence-corrected chi connectivity index (χ2v) is 10.9. The first kappa shape index (κ1) is 29.5. The highest BCUT2D eigenvalue weighted by Gasteiger charge is 2.44. The molecule has 0 unspecified atom stereocenters. The molecule has 0 spiro atoms. The smallest absolute Gasteiger partial charge is 0.475 e. The van der Waals surface area contributed by atoms with Gasteiger partial charge in [0.2, 0.25) is 15.9 Å². The van der Waals surface area contributed by atoms with Crippen LogP contribution in [0.4, 0.5) is 24.8 Å². The van der Waals surface area contributed by atoms with Crippen molar-refractivity contribution in [2.24, 2.45) is 0 Å². The Morgan fingerprint density at radius 3 is 2.32 bits per heavy atom. The molecular formula is C24H24F3N7O6S. The first-order chi connectivity index (χ1) is 19.4. The van der Waals surface area contributed by atoms with Crippen LogP contribution in [0.3, 0.4) is 0 Å². The number of nitrogens with zero attached hydrogens (tertiary/aromatic N) is 4. The Hall–Kier alpha value is -4.51. The number of aromatic amines is 2. The predicted molar refractivity (Wildman–Crippen MR) is 137 cm³/mol. The van der Waals surface area contributed by atoms with Gasteiger partial charge in [-0.15, -0.1) is 5.10 Å². The molecule has 0 saturated carbocycles. The third-order valence-electron chi connectivity index (χ3n) is 6.28. The number of carbonyl (C=O) groups is 1. The number of aromatic nitrogens is 5. The normalized spacial score (nSPS) is 15.5. The average molecular weight is 596 g/mol. The summed E-state index contributed by atoms with van der Waals surface area (Å²) < 4.78 is 64.8. The molecule has 13 nitrogen and oxygen atoms in total. The van der Waals surface area contributed by atoms with Crippen LogP contribution in [-0.2, 0) is 26.7 Å². The molecule has 0 radical (unpaired) electrons. The van der Waals surface area contributed by atoms with Gasteiger partial charge in [-0.3, -0.25) is 5.10 Å². The number of sulfonamides is 1. The molecule has 4 heterocycles. The summed E-state index contributed by atoms with van der Waals surface area (Å²) in [6.45, 7) is 0.528.